The van der Waals surface area contributed by atoms with Gasteiger partial charge in [0, 0.05) is 26.1 Å². The lowest BCUT2D eigenvalue weighted by molar-refractivity contribution is -0.338. The summed E-state index contributed by atoms with van der Waals surface area (Å²) < 4.78 is 48.1. The van der Waals surface area contributed by atoms with Crippen LogP contribution >= 0.6 is 27.5 Å². The van der Waals surface area contributed by atoms with E-state index in [0.717, 1.165) is 0 Å². The number of carbonyl (C=O) groups is 3. The minimum atomic E-state index is -1.55. The lowest BCUT2D eigenvalue weighted by Crippen LogP contribution is -2.64. The van der Waals surface area contributed by atoms with Crippen LogP contribution in [0.1, 0.15) is 111 Å². The molecule has 0 unspecified atom stereocenters. The van der Waals surface area contributed by atoms with Gasteiger partial charge in [-0.05, 0) is 112 Å². The maximum absolute atomic E-state index is 13.9. The molecule has 3 heterocycles. The van der Waals surface area contributed by atoms with Gasteiger partial charge in [0.15, 0.2) is 42.1 Å². The predicted molar refractivity (Wildman–Crippen MR) is 267 cm³/mol. The van der Waals surface area contributed by atoms with Crippen molar-refractivity contribution >= 4 is 45.3 Å². The van der Waals surface area contributed by atoms with Crippen LogP contribution in [-0.2, 0) is 53.9 Å². The van der Waals surface area contributed by atoms with Gasteiger partial charge in [-0.3, -0.25) is 4.79 Å². The van der Waals surface area contributed by atoms with Gasteiger partial charge in [-0.15, -0.1) is 0 Å². The summed E-state index contributed by atoms with van der Waals surface area (Å²) >= 11 is 9.30. The molecule has 3 aliphatic rings. The van der Waals surface area contributed by atoms with Crippen LogP contribution in [0.15, 0.2) is 63.2 Å². The Morgan fingerprint density at radius 3 is 2.24 bits per heavy atom. The van der Waals surface area contributed by atoms with Gasteiger partial charge in [-0.25, -0.2) is 9.59 Å². The summed E-state index contributed by atoms with van der Waals surface area (Å²) in [5.74, 6) is -3.71. The Balaban J connectivity index is 1.60. The Morgan fingerprint density at radius 2 is 1.63 bits per heavy atom. The number of benzene rings is 1. The lowest BCUT2D eigenvalue weighted by atomic mass is 9.88. The van der Waals surface area contributed by atoms with Crippen LogP contribution in [0.3, 0.4) is 0 Å². The molecular formula is C52H74BrClO17. The van der Waals surface area contributed by atoms with Crippen LogP contribution in [0, 0.1) is 11.8 Å². The van der Waals surface area contributed by atoms with Gasteiger partial charge < -0.3 is 68.5 Å². The molecule has 2 fully saturated rings. The number of ether oxygens (including phenoxy) is 8. The number of cyclic esters (lactones) is 1. The fourth-order valence-corrected chi connectivity index (χ4v) is 9.64. The number of allylic oxidation sites excluding steroid dienone is 4. The second-order valence-corrected chi connectivity index (χ2v) is 20.5. The van der Waals surface area contributed by atoms with E-state index in [1.54, 1.807) is 39.8 Å². The van der Waals surface area contributed by atoms with Crippen molar-refractivity contribution in [1.82, 2.24) is 0 Å². The summed E-state index contributed by atoms with van der Waals surface area (Å²) in [6, 6.07) is 0. The number of esters is 2. The zero-order chi connectivity index (χ0) is 53.2. The first-order valence-corrected chi connectivity index (χ1v) is 25.2. The number of Topliss-reactive ketones (excluding diaryl/α,β-unsaturated/α-hetero) is 1. The highest BCUT2D eigenvalue weighted by atomic mass is 79.9. The summed E-state index contributed by atoms with van der Waals surface area (Å²) in [4.78, 5) is 40.4. The van der Waals surface area contributed by atoms with Gasteiger partial charge in [0.2, 0.25) is 0 Å². The first kappa shape index (κ1) is 60.1. The number of halogens is 2. The zero-order valence-corrected chi connectivity index (χ0v) is 45.1. The number of phenolic OH excluding ortho intramolecular Hbond substituents is 2. The quantitative estimate of drug-likeness (QED) is 0.0809. The number of aliphatic hydroxyl groups excluding tert-OH is 4. The molecule has 4 rings (SSSR count). The Hall–Kier alpha value is -3.50. The van der Waals surface area contributed by atoms with Crippen LogP contribution in [0.25, 0.3) is 0 Å². The Morgan fingerprint density at radius 1 is 0.958 bits per heavy atom. The van der Waals surface area contributed by atoms with Crippen molar-refractivity contribution in [3.8, 4) is 11.5 Å². The minimum Gasteiger partial charge on any atom is -0.505 e. The molecule has 0 spiro atoms. The molecule has 6 N–H and O–H groups in total. The molecule has 0 saturated carbocycles. The van der Waals surface area contributed by atoms with E-state index in [4.69, 9.17) is 49.5 Å². The van der Waals surface area contributed by atoms with Crippen molar-refractivity contribution in [3.05, 3.63) is 79.4 Å². The van der Waals surface area contributed by atoms with Crippen molar-refractivity contribution in [2.75, 3.05) is 20.3 Å². The highest BCUT2D eigenvalue weighted by molar-refractivity contribution is 9.10. The Bertz CT molecular complexity index is 2180. The van der Waals surface area contributed by atoms with E-state index in [-0.39, 0.29) is 52.3 Å². The predicted octanol–water partition coefficient (Wildman–Crippen LogP) is 7.03. The molecule has 1 aromatic rings. The van der Waals surface area contributed by atoms with Crippen LogP contribution in [0.5, 0.6) is 11.5 Å². The summed E-state index contributed by atoms with van der Waals surface area (Å²) in [6.07, 6.45) is -3.31. The number of aromatic hydroxyl groups is 2. The second-order valence-electron chi connectivity index (χ2n) is 19.3. The van der Waals surface area contributed by atoms with E-state index in [9.17, 15) is 45.0 Å². The number of methoxy groups -OCH3 is 1. The van der Waals surface area contributed by atoms with Crippen LogP contribution in [0.2, 0.25) is 5.02 Å². The van der Waals surface area contributed by atoms with Gasteiger partial charge in [0.25, 0.3) is 0 Å². The van der Waals surface area contributed by atoms with Gasteiger partial charge in [0.1, 0.15) is 41.1 Å². The summed E-state index contributed by atoms with van der Waals surface area (Å²) in [5, 5.41) is 66.1. The maximum Gasteiger partial charge on any atom is 0.342 e. The van der Waals surface area contributed by atoms with Crippen molar-refractivity contribution < 1.29 is 82.9 Å². The highest BCUT2D eigenvalue weighted by Gasteiger charge is 2.52. The molecule has 19 heteroatoms. The van der Waals surface area contributed by atoms with Crippen molar-refractivity contribution in [2.24, 2.45) is 11.8 Å². The minimum absolute atomic E-state index is 0.00329. The first-order chi connectivity index (χ1) is 33.3. The average molecular weight is 1090 g/mol. The zero-order valence-electron chi connectivity index (χ0n) is 42.7. The van der Waals surface area contributed by atoms with Crippen LogP contribution < -0.4 is 0 Å². The third kappa shape index (κ3) is 15.1. The Kier molecular flexibility index (Phi) is 22.5. The summed E-state index contributed by atoms with van der Waals surface area (Å²) in [6.45, 7) is 19.3. The van der Waals surface area contributed by atoms with E-state index < -0.39 is 120 Å². The molecule has 2 saturated heterocycles. The molecule has 0 aromatic heterocycles. The SMILES string of the molecule is CCc1c(Br)c(O)c(Cl)c(O)c1C(=O)O[C@@H]1[C@@H](O)[C@@H](OC)[C@@H](OCC2=CC=CC[C@H](O)C(C)=C[C@H](CC)[C@@H](O[C@@H]3OC(C)(C)[C@@H](OCC(C)C)[C@H](O)[C@@H]3O)C(C)=CC(C)=CC[C@@H](C(C)=O)OC2=O)O[C@H]1C. The fourth-order valence-electron chi connectivity index (χ4n) is 8.66. The molecule has 0 radical (unpaired) electrons. The highest BCUT2D eigenvalue weighted by Crippen LogP contribution is 2.45. The number of phenols is 2. The molecule has 398 valence electrons. The van der Waals surface area contributed by atoms with Gasteiger partial charge in [-0.1, -0.05) is 75.2 Å². The molecule has 71 heavy (non-hydrogen) atoms. The van der Waals surface area contributed by atoms with Gasteiger partial charge in [-0.2, -0.15) is 0 Å². The number of ketones is 1. The number of hydrogen-bond donors (Lipinski definition) is 6. The van der Waals surface area contributed by atoms with Gasteiger partial charge in [0.05, 0.1) is 40.6 Å². The topological polar surface area (TPSA) is 246 Å². The molecule has 1 aromatic carbocycles. The van der Waals surface area contributed by atoms with Gasteiger partial charge >= 0.3 is 11.9 Å². The largest absolute Gasteiger partial charge is 0.505 e. The van der Waals surface area contributed by atoms with Crippen LogP contribution in [-0.4, -0.2) is 148 Å². The number of aliphatic hydroxyl groups is 4. The van der Waals surface area contributed by atoms with E-state index in [0.29, 0.717) is 29.7 Å². The smallest absolute Gasteiger partial charge is 0.342 e. The van der Waals surface area contributed by atoms with E-state index >= 15 is 0 Å². The summed E-state index contributed by atoms with van der Waals surface area (Å²) in [7, 11) is 1.27. The number of carbonyl (C=O) groups excluding carboxylic acids is 3. The molecule has 0 amide bonds. The maximum atomic E-state index is 13.9. The molecule has 3 aliphatic heterocycles. The van der Waals surface area contributed by atoms with E-state index in [2.05, 4.69) is 15.9 Å². The summed E-state index contributed by atoms with van der Waals surface area (Å²) in [5.41, 5.74) is 0.845. The second kappa shape index (κ2) is 26.6. The van der Waals surface area contributed by atoms with Crippen LogP contribution in [0.4, 0.5) is 0 Å². The van der Waals surface area contributed by atoms with Crippen molar-refractivity contribution in [2.45, 2.75) is 181 Å². The lowest BCUT2D eigenvalue weighted by Gasteiger charge is -2.48. The van der Waals surface area contributed by atoms with E-state index in [1.165, 1.54) is 33.1 Å². The Labute approximate surface area is 430 Å². The molecule has 17 nitrogen and oxygen atoms in total. The molecule has 0 aliphatic carbocycles. The molecular weight excluding hydrogens is 1010 g/mol. The first-order valence-electron chi connectivity index (χ1n) is 24.0. The third-order valence-electron chi connectivity index (χ3n) is 12.8. The number of rotatable bonds is 14. The monoisotopic (exact) mass is 1080 g/mol. The molecule has 13 atom stereocenters. The average Bonchev–Trinajstić information content (AvgIpc) is 3.30. The normalized spacial score (nSPS) is 31.4. The standard InChI is InChI=1S/C52H74BrClO17/c1-13-31-22-27(6)34(56)18-16-15-17-32(24-66-51-46(64-12)43(61)45(30(9)67-51)69-49(63)36-33(14-2)37(53)40(58)38(54)39(36)57)48(62)68-35(29(8)55)20-19-26(5)21-28(7)44(31)70-50-42(60)41(59)47(52(10,11)71-50)65-23-25(3)4/h15-17,19,21-22,25,30-31,34-35,41-47,50-51,56-61H,13-14,18,20,23-24H2,1-12H3/t30-,31-,34-,35-,41+,42-,43+,44-,45-,46+,47-,50+,51-/m0/s1. The number of hydrogen-bond acceptors (Lipinski definition) is 17. The van der Waals surface area contributed by atoms with Crippen molar-refractivity contribution in [3.63, 3.8) is 0 Å². The van der Waals surface area contributed by atoms with Crippen molar-refractivity contribution in [1.29, 1.82) is 0 Å². The van der Waals surface area contributed by atoms with E-state index in [1.807, 2.05) is 46.8 Å². The third-order valence-corrected chi connectivity index (χ3v) is 14.0. The molecule has 0 bridgehead atoms. The fraction of sp³-hybridized carbons (Fsp3) is 0.635.